The molecule has 72 valence electrons. The van der Waals surface area contributed by atoms with Crippen LogP contribution < -0.4 is 0 Å². The van der Waals surface area contributed by atoms with Gasteiger partial charge < -0.3 is 0 Å². The number of rotatable bonds is 4. The number of halogens is 2. The lowest BCUT2D eigenvalue weighted by atomic mass is 10.4. The Bertz CT molecular complexity index is 270. The summed E-state index contributed by atoms with van der Waals surface area (Å²) in [4.78, 5) is 7.89. The Kier molecular flexibility index (Phi) is 4.84. The van der Waals surface area contributed by atoms with E-state index in [9.17, 15) is 0 Å². The summed E-state index contributed by atoms with van der Waals surface area (Å²) in [6, 6.07) is 0. The van der Waals surface area contributed by atoms with Crippen molar-refractivity contribution in [2.75, 3.05) is 5.88 Å². The van der Waals surface area contributed by atoms with Crippen LogP contribution in [0, 0.1) is 0 Å². The van der Waals surface area contributed by atoms with Gasteiger partial charge in [0.15, 0.2) is 0 Å². The summed E-state index contributed by atoms with van der Waals surface area (Å²) in [5.74, 6) is 0.664. The van der Waals surface area contributed by atoms with E-state index in [0.717, 1.165) is 11.4 Å². The predicted molar refractivity (Wildman–Crippen MR) is 57.7 cm³/mol. The minimum absolute atomic E-state index is 0.435. The topological polar surface area (TPSA) is 25.8 Å². The molecule has 1 atom stereocenters. The third-order valence-electron chi connectivity index (χ3n) is 1.46. The maximum Gasteiger partial charge on any atom is 0.118 e. The molecule has 1 rings (SSSR count). The molecule has 0 N–H and O–H groups in total. The lowest BCUT2D eigenvalue weighted by Crippen LogP contribution is -1.97. The second-order valence-electron chi connectivity index (χ2n) is 2.58. The summed E-state index contributed by atoms with van der Waals surface area (Å²) < 4.78 is 0. The zero-order valence-corrected chi connectivity index (χ0v) is 9.53. The Morgan fingerprint density at radius 1 is 1.62 bits per heavy atom. The molecule has 2 nitrogen and oxygen atoms in total. The van der Waals surface area contributed by atoms with Gasteiger partial charge in [-0.1, -0.05) is 18.5 Å². The second-order valence-corrected chi connectivity index (χ2v) is 4.79. The van der Waals surface area contributed by atoms with Gasteiger partial charge in [0.1, 0.15) is 11.4 Å². The minimum Gasteiger partial charge on any atom is -0.243 e. The maximum absolute atomic E-state index is 5.89. The molecular formula is C8H10Cl2N2S. The Morgan fingerprint density at radius 3 is 3.00 bits per heavy atom. The first-order chi connectivity index (χ1) is 6.24. The molecule has 0 aliphatic heterocycles. The molecule has 1 heterocycles. The minimum atomic E-state index is 0.435. The summed E-state index contributed by atoms with van der Waals surface area (Å²) in [5.41, 5.74) is 0. The first-order valence-corrected chi connectivity index (χ1v) is 5.71. The second kappa shape index (κ2) is 5.68. The highest BCUT2D eigenvalue weighted by Gasteiger charge is 2.07. The lowest BCUT2D eigenvalue weighted by molar-refractivity contribution is 0.905. The molecular weight excluding hydrogens is 227 g/mol. The summed E-state index contributed by atoms with van der Waals surface area (Å²) in [5, 5.41) is 1.87. The largest absolute Gasteiger partial charge is 0.243 e. The van der Waals surface area contributed by atoms with Crippen molar-refractivity contribution in [2.45, 2.75) is 23.6 Å². The fourth-order valence-corrected chi connectivity index (χ4v) is 2.38. The molecule has 0 saturated carbocycles. The van der Waals surface area contributed by atoms with Crippen molar-refractivity contribution in [3.8, 4) is 0 Å². The van der Waals surface area contributed by atoms with E-state index in [2.05, 4.69) is 16.9 Å². The van der Waals surface area contributed by atoms with Crippen molar-refractivity contribution in [2.24, 2.45) is 0 Å². The maximum atomic E-state index is 5.89. The number of aromatic nitrogens is 2. The molecule has 1 unspecified atom stereocenters. The molecule has 0 aliphatic carbocycles. The van der Waals surface area contributed by atoms with Crippen molar-refractivity contribution >= 4 is 35.0 Å². The van der Waals surface area contributed by atoms with E-state index in [-0.39, 0.29) is 0 Å². The average Bonchev–Trinajstić information content (AvgIpc) is 2.09. The molecule has 0 spiro atoms. The molecule has 0 amide bonds. The van der Waals surface area contributed by atoms with Crippen LogP contribution in [0.25, 0.3) is 0 Å². The highest BCUT2D eigenvalue weighted by molar-refractivity contribution is 7.99. The quantitative estimate of drug-likeness (QED) is 0.456. The molecule has 0 bridgehead atoms. The first-order valence-electron chi connectivity index (χ1n) is 3.92. The molecule has 0 aliphatic rings. The van der Waals surface area contributed by atoms with Crippen LogP contribution in [-0.4, -0.2) is 21.1 Å². The summed E-state index contributed by atoms with van der Waals surface area (Å²) in [7, 11) is 0. The van der Waals surface area contributed by atoms with Gasteiger partial charge in [0.2, 0.25) is 0 Å². The Hall–Kier alpha value is 0.01000. The van der Waals surface area contributed by atoms with Crippen molar-refractivity contribution in [1.82, 2.24) is 9.97 Å². The van der Waals surface area contributed by atoms with E-state index in [4.69, 9.17) is 23.2 Å². The fraction of sp³-hybridized carbons (Fsp3) is 0.500. The van der Waals surface area contributed by atoms with Crippen LogP contribution in [-0.2, 0) is 0 Å². The standard InChI is InChI=1S/C8H10Cl2N2S/c1-6(2-3-9)13-8-7(10)4-11-5-12-8/h4-6H,2-3H2,1H3. The van der Waals surface area contributed by atoms with E-state index in [0.29, 0.717) is 16.2 Å². The van der Waals surface area contributed by atoms with E-state index in [1.165, 1.54) is 6.33 Å². The average molecular weight is 237 g/mol. The molecule has 0 radical (unpaired) electrons. The molecule has 5 heteroatoms. The van der Waals surface area contributed by atoms with Crippen molar-refractivity contribution in [3.05, 3.63) is 17.5 Å². The van der Waals surface area contributed by atoms with Gasteiger partial charge in [-0.2, -0.15) is 0 Å². The van der Waals surface area contributed by atoms with Gasteiger partial charge in [0.05, 0.1) is 11.2 Å². The lowest BCUT2D eigenvalue weighted by Gasteiger charge is -2.08. The summed E-state index contributed by atoms with van der Waals surface area (Å²) in [6.07, 6.45) is 4.05. The first kappa shape index (κ1) is 11.1. The third-order valence-corrected chi connectivity index (χ3v) is 3.26. The number of hydrogen-bond acceptors (Lipinski definition) is 3. The molecule has 13 heavy (non-hydrogen) atoms. The molecule has 0 saturated heterocycles. The summed E-state index contributed by atoms with van der Waals surface area (Å²) >= 11 is 13.1. The zero-order chi connectivity index (χ0) is 9.68. The van der Waals surface area contributed by atoms with Crippen LogP contribution >= 0.6 is 35.0 Å². The van der Waals surface area contributed by atoms with Crippen molar-refractivity contribution in [1.29, 1.82) is 0 Å². The van der Waals surface area contributed by atoms with Gasteiger partial charge in [0, 0.05) is 11.1 Å². The predicted octanol–water partition coefficient (Wildman–Crippen LogP) is 3.24. The monoisotopic (exact) mass is 236 g/mol. The SMILES string of the molecule is CC(CCCl)Sc1ncncc1Cl. The van der Waals surface area contributed by atoms with E-state index in [1.54, 1.807) is 18.0 Å². The van der Waals surface area contributed by atoms with E-state index in [1.807, 2.05) is 0 Å². The molecule has 1 aromatic heterocycles. The van der Waals surface area contributed by atoms with Crippen LogP contribution in [0.15, 0.2) is 17.6 Å². The Balaban J connectivity index is 2.58. The van der Waals surface area contributed by atoms with Gasteiger partial charge in [-0.15, -0.1) is 23.4 Å². The number of nitrogens with zero attached hydrogens (tertiary/aromatic N) is 2. The van der Waals surface area contributed by atoms with Gasteiger partial charge in [-0.05, 0) is 6.42 Å². The van der Waals surface area contributed by atoms with Crippen LogP contribution in [0.1, 0.15) is 13.3 Å². The third kappa shape index (κ3) is 3.71. The molecule has 0 aromatic carbocycles. The van der Waals surface area contributed by atoms with Crippen molar-refractivity contribution in [3.63, 3.8) is 0 Å². The van der Waals surface area contributed by atoms with Gasteiger partial charge in [0.25, 0.3) is 0 Å². The van der Waals surface area contributed by atoms with Gasteiger partial charge >= 0.3 is 0 Å². The number of alkyl halides is 1. The van der Waals surface area contributed by atoms with Crippen LogP contribution in [0.4, 0.5) is 0 Å². The van der Waals surface area contributed by atoms with E-state index >= 15 is 0 Å². The number of hydrogen-bond donors (Lipinski definition) is 0. The Morgan fingerprint density at radius 2 is 2.38 bits per heavy atom. The summed E-state index contributed by atoms with van der Waals surface area (Å²) in [6.45, 7) is 2.10. The Labute approximate surface area is 92.1 Å². The highest BCUT2D eigenvalue weighted by atomic mass is 35.5. The van der Waals surface area contributed by atoms with E-state index < -0.39 is 0 Å². The van der Waals surface area contributed by atoms with Crippen molar-refractivity contribution < 1.29 is 0 Å². The van der Waals surface area contributed by atoms with Crippen LogP contribution in [0.3, 0.4) is 0 Å². The number of thioether (sulfide) groups is 1. The molecule has 0 fully saturated rings. The fourth-order valence-electron chi connectivity index (χ4n) is 0.791. The normalized spacial score (nSPS) is 12.8. The zero-order valence-electron chi connectivity index (χ0n) is 7.20. The van der Waals surface area contributed by atoms with Gasteiger partial charge in [-0.25, -0.2) is 9.97 Å². The van der Waals surface area contributed by atoms with Crippen LogP contribution in [0.5, 0.6) is 0 Å². The molecule has 1 aromatic rings. The van der Waals surface area contributed by atoms with Gasteiger partial charge in [-0.3, -0.25) is 0 Å². The van der Waals surface area contributed by atoms with Crippen LogP contribution in [0.2, 0.25) is 5.02 Å². The smallest absolute Gasteiger partial charge is 0.118 e. The highest BCUT2D eigenvalue weighted by Crippen LogP contribution is 2.28.